The van der Waals surface area contributed by atoms with Gasteiger partial charge in [0.25, 0.3) is 0 Å². The maximum absolute atomic E-state index is 13.1. The Morgan fingerprint density at radius 1 is 1.04 bits per heavy atom. The molecule has 0 aromatic heterocycles. The van der Waals surface area contributed by atoms with Crippen LogP contribution in [0.15, 0.2) is 58.3 Å². The third-order valence-electron chi connectivity index (χ3n) is 3.36. The van der Waals surface area contributed by atoms with Crippen molar-refractivity contribution in [3.05, 3.63) is 59.9 Å². The van der Waals surface area contributed by atoms with Crippen molar-refractivity contribution < 1.29 is 30.8 Å². The van der Waals surface area contributed by atoms with Crippen molar-refractivity contribution in [1.29, 1.82) is 0 Å². The standard InChI is InChI=1S/C17H16F4N2O3S2/c18-13-3-1-2-12(10-13)11-16(24)22-8-9-23-28(25,26)15-6-4-14(5-7-15)27-17(19,20)21/h1-7,10,23H,8-9,11H2,(H,22,24). The summed E-state index contributed by atoms with van der Waals surface area (Å²) in [4.78, 5) is 11.4. The minimum absolute atomic E-state index is 0.00458. The number of benzene rings is 2. The zero-order valence-electron chi connectivity index (χ0n) is 14.3. The summed E-state index contributed by atoms with van der Waals surface area (Å²) in [6, 6.07) is 9.81. The molecular weight excluding hydrogens is 420 g/mol. The van der Waals surface area contributed by atoms with E-state index in [2.05, 4.69) is 10.0 Å². The summed E-state index contributed by atoms with van der Waals surface area (Å²) < 4.78 is 76.4. The van der Waals surface area contributed by atoms with Crippen LogP contribution in [0.1, 0.15) is 5.56 Å². The number of halogens is 4. The second-order valence-corrected chi connectivity index (χ2v) is 8.48. The van der Waals surface area contributed by atoms with Crippen LogP contribution in [0.25, 0.3) is 0 Å². The van der Waals surface area contributed by atoms with E-state index in [1.807, 2.05) is 0 Å². The van der Waals surface area contributed by atoms with Crippen LogP contribution in [-0.4, -0.2) is 32.9 Å². The Morgan fingerprint density at radius 2 is 1.71 bits per heavy atom. The molecule has 152 valence electrons. The Kier molecular flexibility index (Phi) is 7.44. The number of alkyl halides is 3. The van der Waals surface area contributed by atoms with Gasteiger partial charge in [0.1, 0.15) is 5.82 Å². The minimum Gasteiger partial charge on any atom is -0.355 e. The van der Waals surface area contributed by atoms with Crippen LogP contribution in [0.2, 0.25) is 0 Å². The third-order valence-corrected chi connectivity index (χ3v) is 5.58. The Morgan fingerprint density at radius 3 is 2.32 bits per heavy atom. The lowest BCUT2D eigenvalue weighted by Gasteiger charge is -2.09. The van der Waals surface area contributed by atoms with Crippen LogP contribution in [0, 0.1) is 5.82 Å². The quantitative estimate of drug-likeness (QED) is 0.379. The maximum atomic E-state index is 13.1. The largest absolute Gasteiger partial charge is 0.446 e. The van der Waals surface area contributed by atoms with Gasteiger partial charge in [0, 0.05) is 18.0 Å². The summed E-state index contributed by atoms with van der Waals surface area (Å²) in [5.74, 6) is -0.865. The maximum Gasteiger partial charge on any atom is 0.446 e. The lowest BCUT2D eigenvalue weighted by Crippen LogP contribution is -2.35. The van der Waals surface area contributed by atoms with Gasteiger partial charge in [-0.2, -0.15) is 13.2 Å². The van der Waals surface area contributed by atoms with Gasteiger partial charge in [-0.05, 0) is 53.7 Å². The number of amides is 1. The lowest BCUT2D eigenvalue weighted by atomic mass is 10.1. The molecule has 0 heterocycles. The van der Waals surface area contributed by atoms with Crippen molar-refractivity contribution in [3.8, 4) is 0 Å². The average molecular weight is 436 g/mol. The van der Waals surface area contributed by atoms with Crippen LogP contribution in [0.4, 0.5) is 17.6 Å². The molecule has 2 aromatic carbocycles. The van der Waals surface area contributed by atoms with E-state index in [9.17, 15) is 30.8 Å². The predicted octanol–water partition coefficient (Wildman–Crippen LogP) is 3.07. The second-order valence-electron chi connectivity index (χ2n) is 5.57. The zero-order chi connectivity index (χ0) is 20.8. The number of nitrogens with one attached hydrogen (secondary N) is 2. The molecule has 0 spiro atoms. The molecular formula is C17H16F4N2O3S2. The van der Waals surface area contributed by atoms with E-state index in [1.165, 1.54) is 18.2 Å². The van der Waals surface area contributed by atoms with Gasteiger partial charge in [0.05, 0.1) is 11.3 Å². The smallest absolute Gasteiger partial charge is 0.355 e. The van der Waals surface area contributed by atoms with Crippen molar-refractivity contribution >= 4 is 27.7 Å². The fourth-order valence-electron chi connectivity index (χ4n) is 2.19. The van der Waals surface area contributed by atoms with E-state index in [-0.39, 0.29) is 41.1 Å². The topological polar surface area (TPSA) is 75.3 Å². The Bertz CT molecular complexity index is 917. The van der Waals surface area contributed by atoms with E-state index in [4.69, 9.17) is 0 Å². The predicted molar refractivity (Wildman–Crippen MR) is 96.7 cm³/mol. The van der Waals surface area contributed by atoms with Crippen LogP contribution in [0.5, 0.6) is 0 Å². The SMILES string of the molecule is O=C(Cc1cccc(F)c1)NCCNS(=O)(=O)c1ccc(SC(F)(F)F)cc1. The normalized spacial score (nSPS) is 12.0. The number of rotatable bonds is 8. The van der Waals surface area contributed by atoms with Gasteiger partial charge < -0.3 is 5.32 Å². The molecule has 0 aliphatic rings. The first-order chi connectivity index (χ1) is 13.0. The number of hydrogen-bond acceptors (Lipinski definition) is 4. The molecule has 0 bridgehead atoms. The first-order valence-electron chi connectivity index (χ1n) is 7.92. The monoisotopic (exact) mass is 436 g/mol. The molecule has 11 heteroatoms. The summed E-state index contributed by atoms with van der Waals surface area (Å²) in [6.07, 6.45) is -0.0527. The fourth-order valence-corrected chi connectivity index (χ4v) is 3.76. The minimum atomic E-state index is -4.46. The second kappa shape index (κ2) is 9.39. The lowest BCUT2D eigenvalue weighted by molar-refractivity contribution is -0.120. The van der Waals surface area contributed by atoms with Crippen molar-refractivity contribution in [2.24, 2.45) is 0 Å². The van der Waals surface area contributed by atoms with Gasteiger partial charge in [-0.3, -0.25) is 4.79 Å². The van der Waals surface area contributed by atoms with Crippen molar-refractivity contribution in [3.63, 3.8) is 0 Å². The fraction of sp³-hybridized carbons (Fsp3) is 0.235. The van der Waals surface area contributed by atoms with Gasteiger partial charge in [-0.25, -0.2) is 17.5 Å². The summed E-state index contributed by atoms with van der Waals surface area (Å²) in [7, 11) is -3.92. The molecule has 0 saturated carbocycles. The molecule has 0 unspecified atom stereocenters. The van der Waals surface area contributed by atoms with Crippen LogP contribution in [0.3, 0.4) is 0 Å². The Balaban J connectivity index is 1.80. The highest BCUT2D eigenvalue weighted by molar-refractivity contribution is 8.00. The summed E-state index contributed by atoms with van der Waals surface area (Å²) in [5.41, 5.74) is -3.97. The molecule has 0 saturated heterocycles. The summed E-state index contributed by atoms with van der Waals surface area (Å²) in [5, 5.41) is 2.49. The van der Waals surface area contributed by atoms with Gasteiger partial charge in [-0.1, -0.05) is 12.1 Å². The zero-order valence-corrected chi connectivity index (χ0v) is 15.9. The van der Waals surface area contributed by atoms with Crippen LogP contribution >= 0.6 is 11.8 Å². The molecule has 2 aromatic rings. The van der Waals surface area contributed by atoms with Crippen molar-refractivity contribution in [1.82, 2.24) is 10.0 Å². The summed E-state index contributed by atoms with van der Waals surface area (Å²) >= 11 is -0.340. The van der Waals surface area contributed by atoms with E-state index < -0.39 is 27.3 Å². The number of hydrogen-bond donors (Lipinski definition) is 2. The first-order valence-corrected chi connectivity index (χ1v) is 10.2. The molecule has 1 amide bonds. The van der Waals surface area contributed by atoms with Gasteiger partial charge in [0.2, 0.25) is 15.9 Å². The van der Waals surface area contributed by atoms with Gasteiger partial charge in [-0.15, -0.1) is 0 Å². The highest BCUT2D eigenvalue weighted by Gasteiger charge is 2.29. The van der Waals surface area contributed by atoms with Crippen molar-refractivity contribution in [2.45, 2.75) is 21.7 Å². The number of thioether (sulfide) groups is 1. The number of carbonyl (C=O) groups excluding carboxylic acids is 1. The Hall–Kier alpha value is -2.11. The molecule has 2 rings (SSSR count). The molecule has 28 heavy (non-hydrogen) atoms. The van der Waals surface area contributed by atoms with Crippen LogP contribution in [-0.2, 0) is 21.2 Å². The van der Waals surface area contributed by atoms with Gasteiger partial charge in [0.15, 0.2) is 0 Å². The molecule has 0 radical (unpaired) electrons. The van der Waals surface area contributed by atoms with E-state index in [0.717, 1.165) is 24.3 Å². The van der Waals surface area contributed by atoms with Crippen molar-refractivity contribution in [2.75, 3.05) is 13.1 Å². The molecule has 0 aliphatic heterocycles. The number of sulfonamides is 1. The highest BCUT2D eigenvalue weighted by atomic mass is 32.2. The molecule has 2 N–H and O–H groups in total. The first kappa shape index (κ1) is 22.2. The van der Waals surface area contributed by atoms with E-state index >= 15 is 0 Å². The van der Waals surface area contributed by atoms with E-state index in [0.29, 0.717) is 5.56 Å². The molecule has 0 aliphatic carbocycles. The number of carbonyl (C=O) groups is 1. The average Bonchev–Trinajstić information content (AvgIpc) is 2.58. The highest BCUT2D eigenvalue weighted by Crippen LogP contribution is 2.36. The van der Waals surface area contributed by atoms with Crippen LogP contribution < -0.4 is 10.0 Å². The molecule has 0 atom stereocenters. The van der Waals surface area contributed by atoms with Gasteiger partial charge >= 0.3 is 5.51 Å². The molecule has 0 fully saturated rings. The third kappa shape index (κ3) is 7.49. The molecule has 5 nitrogen and oxygen atoms in total. The van der Waals surface area contributed by atoms with E-state index in [1.54, 1.807) is 6.07 Å². The summed E-state index contributed by atoms with van der Waals surface area (Å²) in [6.45, 7) is -0.119. The Labute approximate surface area is 163 Å².